The van der Waals surface area contributed by atoms with E-state index >= 15 is 0 Å². The number of nitrogens with one attached hydrogen (secondary N) is 1. The second kappa shape index (κ2) is 3.39. The Balaban J connectivity index is 1.99. The molecular formula is C13H17N. The van der Waals surface area contributed by atoms with E-state index in [0.29, 0.717) is 0 Å². The van der Waals surface area contributed by atoms with Crippen LogP contribution in [0.25, 0.3) is 0 Å². The van der Waals surface area contributed by atoms with Crippen LogP contribution in [0, 0.1) is 0 Å². The van der Waals surface area contributed by atoms with Crippen molar-refractivity contribution in [3.63, 3.8) is 0 Å². The molecule has 0 amide bonds. The zero-order valence-corrected chi connectivity index (χ0v) is 8.50. The maximum absolute atomic E-state index is 3.68. The Bertz CT molecular complexity index is 332. The normalized spacial score (nSPS) is 30.6. The van der Waals surface area contributed by atoms with Gasteiger partial charge in [0.05, 0.1) is 0 Å². The van der Waals surface area contributed by atoms with Crippen LogP contribution in [0.2, 0.25) is 0 Å². The van der Waals surface area contributed by atoms with Crippen molar-refractivity contribution in [1.82, 2.24) is 5.32 Å². The van der Waals surface area contributed by atoms with Gasteiger partial charge in [-0.2, -0.15) is 0 Å². The quantitative estimate of drug-likeness (QED) is 0.658. The van der Waals surface area contributed by atoms with Crippen LogP contribution in [-0.2, 0) is 6.54 Å². The molecule has 1 aliphatic heterocycles. The summed E-state index contributed by atoms with van der Waals surface area (Å²) in [6.07, 6.45) is 5.58. The molecule has 2 aliphatic rings. The minimum absolute atomic E-state index is 0.763. The first kappa shape index (κ1) is 8.49. The predicted molar refractivity (Wildman–Crippen MR) is 58.3 cm³/mol. The van der Waals surface area contributed by atoms with E-state index in [4.69, 9.17) is 0 Å². The molecule has 0 radical (unpaired) electrons. The van der Waals surface area contributed by atoms with Crippen molar-refractivity contribution in [3.05, 3.63) is 35.4 Å². The van der Waals surface area contributed by atoms with Crippen LogP contribution in [0.5, 0.6) is 0 Å². The SMILES string of the molecule is c1ccc2c(c1)CNC1CCCCC21. The molecule has 2 atom stereocenters. The number of fused-ring (bicyclic) bond motifs is 3. The van der Waals surface area contributed by atoms with Crippen LogP contribution in [0.4, 0.5) is 0 Å². The van der Waals surface area contributed by atoms with E-state index in [2.05, 4.69) is 29.6 Å². The molecule has 1 saturated carbocycles. The van der Waals surface area contributed by atoms with E-state index in [1.807, 2.05) is 0 Å². The fourth-order valence-corrected chi connectivity index (χ4v) is 3.05. The molecule has 1 heterocycles. The molecule has 0 bridgehead atoms. The molecule has 1 aliphatic carbocycles. The molecular weight excluding hydrogens is 170 g/mol. The lowest BCUT2D eigenvalue weighted by Gasteiger charge is -2.38. The second-order valence-corrected chi connectivity index (χ2v) is 4.58. The lowest BCUT2D eigenvalue weighted by Crippen LogP contribution is -2.41. The van der Waals surface area contributed by atoms with Crippen LogP contribution in [0.1, 0.15) is 42.7 Å². The molecule has 1 aromatic rings. The van der Waals surface area contributed by atoms with Crippen LogP contribution < -0.4 is 5.32 Å². The van der Waals surface area contributed by atoms with Gasteiger partial charge in [0.2, 0.25) is 0 Å². The average molecular weight is 187 g/mol. The van der Waals surface area contributed by atoms with Crippen LogP contribution >= 0.6 is 0 Å². The maximum atomic E-state index is 3.68. The van der Waals surface area contributed by atoms with E-state index < -0.39 is 0 Å². The van der Waals surface area contributed by atoms with Crippen molar-refractivity contribution in [3.8, 4) is 0 Å². The van der Waals surface area contributed by atoms with Crippen LogP contribution in [0.15, 0.2) is 24.3 Å². The first-order valence-corrected chi connectivity index (χ1v) is 5.76. The van der Waals surface area contributed by atoms with Crippen LogP contribution in [-0.4, -0.2) is 6.04 Å². The Morgan fingerprint density at radius 3 is 2.93 bits per heavy atom. The monoisotopic (exact) mass is 187 g/mol. The largest absolute Gasteiger partial charge is 0.309 e. The number of rotatable bonds is 0. The molecule has 1 nitrogen and oxygen atoms in total. The van der Waals surface area contributed by atoms with E-state index in [1.54, 1.807) is 5.56 Å². The predicted octanol–water partition coefficient (Wildman–Crippen LogP) is 2.82. The summed E-state index contributed by atoms with van der Waals surface area (Å²) in [4.78, 5) is 0. The first-order chi connectivity index (χ1) is 6.95. The Kier molecular flexibility index (Phi) is 2.06. The van der Waals surface area contributed by atoms with Crippen molar-refractivity contribution >= 4 is 0 Å². The summed E-state index contributed by atoms with van der Waals surface area (Å²) in [6, 6.07) is 9.71. The van der Waals surface area contributed by atoms with E-state index in [9.17, 15) is 0 Å². The van der Waals surface area contributed by atoms with Crippen molar-refractivity contribution in [1.29, 1.82) is 0 Å². The van der Waals surface area contributed by atoms with Gasteiger partial charge in [0.1, 0.15) is 0 Å². The Hall–Kier alpha value is -0.820. The average Bonchev–Trinajstić information content (AvgIpc) is 2.29. The molecule has 74 valence electrons. The van der Waals surface area contributed by atoms with Gasteiger partial charge in [0.15, 0.2) is 0 Å². The maximum Gasteiger partial charge on any atom is 0.0211 e. The van der Waals surface area contributed by atoms with Crippen molar-refractivity contribution in [2.24, 2.45) is 0 Å². The lowest BCUT2D eigenvalue weighted by atomic mass is 9.76. The molecule has 3 rings (SSSR count). The zero-order valence-electron chi connectivity index (χ0n) is 8.50. The van der Waals surface area contributed by atoms with E-state index in [1.165, 1.54) is 31.2 Å². The minimum Gasteiger partial charge on any atom is -0.309 e. The second-order valence-electron chi connectivity index (χ2n) is 4.58. The molecule has 0 aromatic heterocycles. The van der Waals surface area contributed by atoms with Gasteiger partial charge in [-0.05, 0) is 29.9 Å². The number of hydrogen-bond acceptors (Lipinski definition) is 1. The summed E-state index contributed by atoms with van der Waals surface area (Å²) in [5.74, 6) is 0.800. The molecule has 1 aromatic carbocycles. The molecule has 1 N–H and O–H groups in total. The number of hydrogen-bond donors (Lipinski definition) is 1. The van der Waals surface area contributed by atoms with Gasteiger partial charge in [-0.1, -0.05) is 37.1 Å². The van der Waals surface area contributed by atoms with Gasteiger partial charge in [-0.3, -0.25) is 0 Å². The molecule has 1 fully saturated rings. The third-order valence-electron chi connectivity index (χ3n) is 3.78. The van der Waals surface area contributed by atoms with Gasteiger partial charge < -0.3 is 5.32 Å². The summed E-state index contributed by atoms with van der Waals surface area (Å²) in [7, 11) is 0. The fraction of sp³-hybridized carbons (Fsp3) is 0.538. The molecule has 0 saturated heterocycles. The highest BCUT2D eigenvalue weighted by Crippen LogP contribution is 2.37. The van der Waals surface area contributed by atoms with Crippen molar-refractivity contribution in [2.75, 3.05) is 0 Å². The number of benzene rings is 1. The topological polar surface area (TPSA) is 12.0 Å². The standard InChI is InChI=1S/C13H17N/c1-2-6-11-10(5-1)9-14-13-8-4-3-7-12(11)13/h1-2,5-6,12-14H,3-4,7-9H2. The van der Waals surface area contributed by atoms with E-state index in [0.717, 1.165) is 18.5 Å². The first-order valence-electron chi connectivity index (χ1n) is 5.76. The van der Waals surface area contributed by atoms with Crippen molar-refractivity contribution in [2.45, 2.75) is 44.2 Å². The van der Waals surface area contributed by atoms with Gasteiger partial charge in [0.25, 0.3) is 0 Å². The minimum atomic E-state index is 0.763. The van der Waals surface area contributed by atoms with Gasteiger partial charge in [0, 0.05) is 12.6 Å². The van der Waals surface area contributed by atoms with Crippen molar-refractivity contribution < 1.29 is 0 Å². The summed E-state index contributed by atoms with van der Waals surface area (Å²) < 4.78 is 0. The highest BCUT2D eigenvalue weighted by molar-refractivity contribution is 5.34. The van der Waals surface area contributed by atoms with Crippen LogP contribution in [0.3, 0.4) is 0 Å². The van der Waals surface area contributed by atoms with Gasteiger partial charge >= 0.3 is 0 Å². The Morgan fingerprint density at radius 2 is 1.93 bits per heavy atom. The molecule has 2 unspecified atom stereocenters. The third kappa shape index (κ3) is 1.27. The summed E-state index contributed by atoms with van der Waals surface area (Å²) >= 11 is 0. The molecule has 0 spiro atoms. The van der Waals surface area contributed by atoms with E-state index in [-0.39, 0.29) is 0 Å². The Morgan fingerprint density at radius 1 is 1.07 bits per heavy atom. The highest BCUT2D eigenvalue weighted by atomic mass is 14.9. The zero-order chi connectivity index (χ0) is 9.38. The smallest absolute Gasteiger partial charge is 0.0211 e. The summed E-state index contributed by atoms with van der Waals surface area (Å²) in [5, 5.41) is 3.68. The highest BCUT2D eigenvalue weighted by Gasteiger charge is 2.30. The van der Waals surface area contributed by atoms with Gasteiger partial charge in [-0.25, -0.2) is 0 Å². The Labute approximate surface area is 85.5 Å². The fourth-order valence-electron chi connectivity index (χ4n) is 3.05. The summed E-state index contributed by atoms with van der Waals surface area (Å²) in [5.41, 5.74) is 3.15. The lowest BCUT2D eigenvalue weighted by molar-refractivity contribution is 0.308. The summed E-state index contributed by atoms with van der Waals surface area (Å²) in [6.45, 7) is 1.08. The van der Waals surface area contributed by atoms with Gasteiger partial charge in [-0.15, -0.1) is 0 Å². The third-order valence-corrected chi connectivity index (χ3v) is 3.78. The molecule has 14 heavy (non-hydrogen) atoms. The molecule has 1 heteroatoms.